The van der Waals surface area contributed by atoms with Gasteiger partial charge in [-0.2, -0.15) is 18.2 Å². The maximum Gasteiger partial charge on any atom is 0.490 e. The lowest BCUT2D eigenvalue weighted by molar-refractivity contribution is -0.192. The highest BCUT2D eigenvalue weighted by Gasteiger charge is 2.40. The summed E-state index contributed by atoms with van der Waals surface area (Å²) in [6.07, 6.45) is -4.07. The number of benzene rings is 1. The number of alkyl halides is 3. The van der Waals surface area contributed by atoms with Crippen LogP contribution in [0.1, 0.15) is 28.6 Å². The molecule has 17 heteroatoms. The van der Waals surface area contributed by atoms with Gasteiger partial charge in [-0.15, -0.1) is 10.2 Å². The van der Waals surface area contributed by atoms with Gasteiger partial charge in [0.1, 0.15) is 6.54 Å². The molecule has 0 bridgehead atoms. The molecule has 2 saturated heterocycles. The van der Waals surface area contributed by atoms with Crippen LogP contribution in [0, 0.1) is 12.8 Å². The molecule has 2 fully saturated rings. The highest BCUT2D eigenvalue weighted by Crippen LogP contribution is 2.33. The molecule has 2 N–H and O–H groups in total. The van der Waals surface area contributed by atoms with E-state index in [4.69, 9.17) is 19.3 Å². The van der Waals surface area contributed by atoms with Crippen molar-refractivity contribution in [3.8, 4) is 0 Å². The van der Waals surface area contributed by atoms with Crippen molar-refractivity contribution in [2.45, 2.75) is 38.7 Å². The van der Waals surface area contributed by atoms with E-state index in [-0.39, 0.29) is 36.1 Å². The van der Waals surface area contributed by atoms with Gasteiger partial charge in [0.15, 0.2) is 16.9 Å². The van der Waals surface area contributed by atoms with E-state index in [0.717, 1.165) is 30.6 Å². The van der Waals surface area contributed by atoms with Crippen LogP contribution in [-0.2, 0) is 24.9 Å². The summed E-state index contributed by atoms with van der Waals surface area (Å²) in [6, 6.07) is 8.85. The molecule has 43 heavy (non-hydrogen) atoms. The summed E-state index contributed by atoms with van der Waals surface area (Å²) >= 11 is 0. The number of aromatic nitrogens is 6. The highest BCUT2D eigenvalue weighted by atomic mass is 19.4. The van der Waals surface area contributed by atoms with Crippen LogP contribution in [0.5, 0.6) is 0 Å². The second-order valence-corrected chi connectivity index (χ2v) is 10.2. The predicted octanol–water partition coefficient (Wildman–Crippen LogP) is 0.951. The summed E-state index contributed by atoms with van der Waals surface area (Å²) in [5, 5.41) is 18.6. The maximum atomic E-state index is 13.8. The fourth-order valence-corrected chi connectivity index (χ4v) is 5.36. The number of nitrogens with zero attached hydrogens (tertiary/aromatic N) is 7. The minimum atomic E-state index is -5.08. The third-order valence-corrected chi connectivity index (χ3v) is 7.42. The average molecular weight is 605 g/mol. The number of imidazole rings is 1. The first-order chi connectivity index (χ1) is 20.4. The highest BCUT2D eigenvalue weighted by molar-refractivity contribution is 5.96. The largest absolute Gasteiger partial charge is 0.490 e. The van der Waals surface area contributed by atoms with E-state index in [9.17, 15) is 27.6 Å². The van der Waals surface area contributed by atoms with Gasteiger partial charge in [0, 0.05) is 45.2 Å². The second-order valence-electron chi connectivity index (χ2n) is 10.2. The molecular weight excluding hydrogens is 577 g/mol. The maximum absolute atomic E-state index is 13.8. The zero-order valence-corrected chi connectivity index (χ0v) is 23.0. The first-order valence-electron chi connectivity index (χ1n) is 13.2. The van der Waals surface area contributed by atoms with Crippen LogP contribution < -0.4 is 21.5 Å². The molecule has 4 aromatic rings. The molecule has 2 aliphatic heterocycles. The van der Waals surface area contributed by atoms with Gasteiger partial charge in [-0.05, 0) is 12.3 Å². The lowest BCUT2D eigenvalue weighted by Crippen LogP contribution is -2.41. The summed E-state index contributed by atoms with van der Waals surface area (Å²) in [5.41, 5.74) is -0.262. The van der Waals surface area contributed by atoms with E-state index in [0.29, 0.717) is 29.2 Å². The fourth-order valence-electron chi connectivity index (χ4n) is 5.36. The van der Waals surface area contributed by atoms with E-state index < -0.39 is 23.4 Å². The Kier molecular flexibility index (Phi) is 7.92. The van der Waals surface area contributed by atoms with Gasteiger partial charge in [0.05, 0.1) is 6.54 Å². The molecule has 2 atom stereocenters. The van der Waals surface area contributed by atoms with Gasteiger partial charge in [-0.1, -0.05) is 30.3 Å². The number of hydrogen-bond acceptors (Lipinski definition) is 10. The van der Waals surface area contributed by atoms with Crippen LogP contribution in [0.2, 0.25) is 0 Å². The number of carboxylic acid groups (broad SMARTS) is 1. The number of Topliss-reactive ketones (excluding diaryl/α,β-unsaturated/α-hetero) is 1. The Labute approximate surface area is 240 Å². The number of aliphatic carboxylic acids is 1. The molecule has 0 amide bonds. The third-order valence-electron chi connectivity index (χ3n) is 7.42. The first-order valence-corrected chi connectivity index (χ1v) is 13.2. The van der Waals surface area contributed by atoms with Crippen LogP contribution in [-0.4, -0.2) is 77.6 Å². The van der Waals surface area contributed by atoms with Gasteiger partial charge in [-0.25, -0.2) is 9.59 Å². The Morgan fingerprint density at radius 2 is 1.81 bits per heavy atom. The molecule has 2 aliphatic rings. The lowest BCUT2D eigenvalue weighted by Gasteiger charge is -2.24. The van der Waals surface area contributed by atoms with E-state index in [1.165, 1.54) is 4.57 Å². The average Bonchev–Trinajstić information content (AvgIpc) is 3.75. The Morgan fingerprint density at radius 3 is 2.44 bits per heavy atom. The minimum absolute atomic E-state index is 0.119. The van der Waals surface area contributed by atoms with E-state index in [2.05, 4.69) is 20.4 Å². The van der Waals surface area contributed by atoms with Gasteiger partial charge >= 0.3 is 17.8 Å². The number of aryl methyl sites for hydroxylation is 2. The number of carbonyl (C=O) groups is 2. The third kappa shape index (κ3) is 5.79. The van der Waals surface area contributed by atoms with Crippen LogP contribution in [0.4, 0.5) is 19.1 Å². The fraction of sp³-hybridized carbons (Fsp3) is 0.423. The van der Waals surface area contributed by atoms with Crippen molar-refractivity contribution in [3.63, 3.8) is 0 Å². The quantitative estimate of drug-likeness (QED) is 0.301. The van der Waals surface area contributed by atoms with Crippen molar-refractivity contribution in [1.82, 2.24) is 34.2 Å². The topological polar surface area (TPSA) is 170 Å². The van der Waals surface area contributed by atoms with Crippen LogP contribution >= 0.6 is 0 Å². The van der Waals surface area contributed by atoms with Gasteiger partial charge in [0.25, 0.3) is 5.56 Å². The molecule has 2 unspecified atom stereocenters. The van der Waals surface area contributed by atoms with E-state index >= 15 is 0 Å². The molecule has 0 saturated carbocycles. The Hall–Kier alpha value is -4.80. The van der Waals surface area contributed by atoms with Gasteiger partial charge < -0.3 is 19.7 Å². The summed E-state index contributed by atoms with van der Waals surface area (Å²) in [5.74, 6) is -1.27. The molecular formula is C26H27F3N8O6. The van der Waals surface area contributed by atoms with Crippen LogP contribution in [0.15, 0.2) is 44.3 Å². The van der Waals surface area contributed by atoms with Gasteiger partial charge in [-0.3, -0.25) is 23.3 Å². The van der Waals surface area contributed by atoms with Crippen molar-refractivity contribution in [1.29, 1.82) is 0 Å². The van der Waals surface area contributed by atoms with E-state index in [1.807, 2.05) is 0 Å². The number of carbonyl (C=O) groups excluding carboxylic acids is 1. The number of hydrogen-bond donors (Lipinski definition) is 2. The molecule has 5 heterocycles. The predicted molar refractivity (Wildman–Crippen MR) is 144 cm³/mol. The summed E-state index contributed by atoms with van der Waals surface area (Å²) in [4.78, 5) is 55.8. The van der Waals surface area contributed by atoms with Crippen molar-refractivity contribution in [2.75, 3.05) is 24.5 Å². The molecule has 0 aliphatic carbocycles. The Morgan fingerprint density at radius 1 is 1.12 bits per heavy atom. The number of fused-ring (bicyclic) bond motifs is 2. The van der Waals surface area contributed by atoms with Crippen LogP contribution in [0.3, 0.4) is 0 Å². The molecule has 14 nitrogen and oxygen atoms in total. The Bertz CT molecular complexity index is 1790. The monoisotopic (exact) mass is 604 g/mol. The number of ketones is 1. The zero-order valence-electron chi connectivity index (χ0n) is 23.0. The Balaban J connectivity index is 0.000000472. The smallest absolute Gasteiger partial charge is 0.475 e. The number of carboxylic acids is 1. The molecule has 0 radical (unpaired) electrons. The number of anilines is 1. The normalized spacial score (nSPS) is 18.0. The molecule has 1 aromatic carbocycles. The molecule has 3 aromatic heterocycles. The van der Waals surface area contributed by atoms with Crippen LogP contribution in [0.25, 0.3) is 11.2 Å². The zero-order chi connectivity index (χ0) is 31.1. The van der Waals surface area contributed by atoms with E-state index in [1.54, 1.807) is 48.9 Å². The first kappa shape index (κ1) is 29.7. The molecule has 228 valence electrons. The van der Waals surface area contributed by atoms with Crippen molar-refractivity contribution >= 4 is 28.9 Å². The number of rotatable bonds is 6. The lowest BCUT2D eigenvalue weighted by atomic mass is 10.1. The van der Waals surface area contributed by atoms with Gasteiger partial charge in [0.2, 0.25) is 17.7 Å². The number of nitrogens with one attached hydrogen (secondary N) is 1. The molecule has 0 spiro atoms. The standard InChI is InChI=1S/C24H26N8O4.C2HF3O2/c1-14-27-28-19(36-14)13-31-20-21(26-23(31)30-9-8-16-10-25-11-17(16)30)29(2)24(35)32(22(20)34)12-18(33)15-6-4-3-5-7-15;3-2(4,5)1(6)7/h3-7,16-17,25H,8-13H2,1-2H3;(H,6,7). The second kappa shape index (κ2) is 11.5. The summed E-state index contributed by atoms with van der Waals surface area (Å²) in [7, 11) is 1.56. The summed E-state index contributed by atoms with van der Waals surface area (Å²) in [6.45, 7) is 4.00. The van der Waals surface area contributed by atoms with Crippen molar-refractivity contribution in [3.05, 3.63) is 68.5 Å². The summed E-state index contributed by atoms with van der Waals surface area (Å²) < 4.78 is 41.4. The van der Waals surface area contributed by atoms with Crippen molar-refractivity contribution < 1.29 is 32.3 Å². The minimum Gasteiger partial charge on any atom is -0.475 e. The number of halogens is 3. The SMILES string of the molecule is Cc1nnc(Cn2c(N3CCC4CNCC43)nc3c2c(=O)n(CC(=O)c2ccccc2)c(=O)n3C)o1.O=C(O)C(F)(F)F. The molecule has 6 rings (SSSR count). The van der Waals surface area contributed by atoms with Crippen molar-refractivity contribution in [2.24, 2.45) is 13.0 Å².